The number of rotatable bonds is 4. The van der Waals surface area contributed by atoms with Crippen LogP contribution in [0.25, 0.3) is 44.5 Å². The first-order valence-electron chi connectivity index (χ1n) is 11.8. The van der Waals surface area contributed by atoms with Gasteiger partial charge in [0, 0.05) is 11.1 Å². The molecule has 0 aromatic heterocycles. The van der Waals surface area contributed by atoms with Gasteiger partial charge in [0.2, 0.25) is 0 Å². The lowest BCUT2D eigenvalue weighted by molar-refractivity contribution is -0.161. The molecule has 0 spiro atoms. The van der Waals surface area contributed by atoms with Crippen molar-refractivity contribution in [3.05, 3.63) is 132 Å². The largest absolute Gasteiger partial charge is 0.417 e. The Hall–Kier alpha value is -4.32. The molecule has 0 amide bonds. The third-order valence-corrected chi connectivity index (χ3v) is 6.32. The molecule has 0 saturated carbocycles. The van der Waals surface area contributed by atoms with E-state index in [9.17, 15) is 26.3 Å². The van der Waals surface area contributed by atoms with Crippen molar-refractivity contribution >= 4 is 0 Å². The van der Waals surface area contributed by atoms with Crippen molar-refractivity contribution in [3.63, 3.8) is 0 Å². The number of hydrogen-bond donors (Lipinski definition) is 0. The fraction of sp³-hybridized carbons (Fsp3) is 0.0625. The van der Waals surface area contributed by atoms with E-state index in [4.69, 9.17) is 0 Å². The van der Waals surface area contributed by atoms with Crippen LogP contribution in [0.4, 0.5) is 26.3 Å². The molecular weight excluding hydrogens is 498 g/mol. The minimum absolute atomic E-state index is 0.0426. The molecule has 0 atom stereocenters. The molecule has 0 saturated heterocycles. The maximum absolute atomic E-state index is 15.0. The van der Waals surface area contributed by atoms with Gasteiger partial charge in [0.25, 0.3) is 0 Å². The van der Waals surface area contributed by atoms with Crippen LogP contribution < -0.4 is 0 Å². The Labute approximate surface area is 215 Å². The second kappa shape index (κ2) is 9.86. The van der Waals surface area contributed by atoms with Gasteiger partial charge in [-0.3, -0.25) is 0 Å². The van der Waals surface area contributed by atoms with Gasteiger partial charge < -0.3 is 0 Å². The van der Waals surface area contributed by atoms with Crippen molar-refractivity contribution in [2.24, 2.45) is 0 Å². The highest BCUT2D eigenvalue weighted by molar-refractivity contribution is 6.04. The summed E-state index contributed by atoms with van der Waals surface area (Å²) in [5.74, 6) is 0. The maximum atomic E-state index is 15.0. The Morgan fingerprint density at radius 3 is 0.711 bits per heavy atom. The molecule has 190 valence electrons. The summed E-state index contributed by atoms with van der Waals surface area (Å²) >= 11 is 0. The first-order chi connectivity index (χ1) is 18.2. The van der Waals surface area contributed by atoms with Crippen LogP contribution in [-0.2, 0) is 12.4 Å². The van der Waals surface area contributed by atoms with Gasteiger partial charge in [-0.25, -0.2) is 0 Å². The lowest BCUT2D eigenvalue weighted by atomic mass is 9.76. The number of halogens is 6. The van der Waals surface area contributed by atoms with Crippen molar-refractivity contribution in [1.82, 2.24) is 0 Å². The molecule has 0 fully saturated rings. The second-order valence-corrected chi connectivity index (χ2v) is 8.71. The summed E-state index contributed by atoms with van der Waals surface area (Å²) < 4.78 is 89.7. The molecule has 38 heavy (non-hydrogen) atoms. The van der Waals surface area contributed by atoms with Crippen LogP contribution in [0, 0.1) is 0 Å². The summed E-state index contributed by atoms with van der Waals surface area (Å²) in [6, 6.07) is 31.5. The normalized spacial score (nSPS) is 11.9. The molecule has 0 N–H and O–H groups in total. The smallest absolute Gasteiger partial charge is 0.166 e. The van der Waals surface area contributed by atoms with Crippen molar-refractivity contribution < 1.29 is 26.3 Å². The van der Waals surface area contributed by atoms with Gasteiger partial charge in [0.15, 0.2) is 0 Å². The van der Waals surface area contributed by atoms with Gasteiger partial charge in [0.05, 0.1) is 11.1 Å². The Bertz CT molecular complexity index is 1420. The van der Waals surface area contributed by atoms with Crippen molar-refractivity contribution in [2.75, 3.05) is 0 Å². The zero-order valence-electron chi connectivity index (χ0n) is 19.8. The molecule has 0 aliphatic carbocycles. The molecule has 0 aliphatic rings. The molecule has 0 nitrogen and oxygen atoms in total. The monoisotopic (exact) mass is 518 g/mol. The van der Waals surface area contributed by atoms with E-state index in [1.807, 2.05) is 0 Å². The number of benzene rings is 5. The minimum Gasteiger partial charge on any atom is -0.166 e. The fourth-order valence-electron chi connectivity index (χ4n) is 4.89. The highest BCUT2D eigenvalue weighted by Gasteiger charge is 2.49. The van der Waals surface area contributed by atoms with Crippen LogP contribution in [0.1, 0.15) is 11.1 Å². The van der Waals surface area contributed by atoms with Crippen molar-refractivity contribution in [1.29, 1.82) is 0 Å². The number of alkyl halides is 6. The Kier molecular flexibility index (Phi) is 6.57. The third kappa shape index (κ3) is 4.70. The Morgan fingerprint density at radius 2 is 0.500 bits per heavy atom. The zero-order valence-corrected chi connectivity index (χ0v) is 19.8. The average Bonchev–Trinajstić information content (AvgIpc) is 2.92. The van der Waals surface area contributed by atoms with E-state index in [-0.39, 0.29) is 22.3 Å². The van der Waals surface area contributed by atoms with Gasteiger partial charge in [-0.2, -0.15) is 26.3 Å². The first kappa shape index (κ1) is 25.3. The quantitative estimate of drug-likeness (QED) is 0.208. The maximum Gasteiger partial charge on any atom is 0.417 e. The van der Waals surface area contributed by atoms with E-state index in [2.05, 4.69) is 0 Å². The fourth-order valence-corrected chi connectivity index (χ4v) is 4.89. The summed E-state index contributed by atoms with van der Waals surface area (Å²) in [5, 5.41) is 0. The zero-order chi connectivity index (χ0) is 26.9. The van der Waals surface area contributed by atoms with Gasteiger partial charge in [-0.05, 0) is 33.4 Å². The SMILES string of the molecule is FC(F)(F)c1c(-c2ccccc2)c(-c2ccccc2)c(-c2ccccc2)c(-c2ccccc2)c1C(F)(F)F. The topological polar surface area (TPSA) is 0 Å². The van der Waals surface area contributed by atoms with Gasteiger partial charge >= 0.3 is 12.4 Å². The summed E-state index contributed by atoms with van der Waals surface area (Å²) in [5.41, 5.74) is -3.40. The predicted octanol–water partition coefficient (Wildman–Crippen LogP) is 10.4. The van der Waals surface area contributed by atoms with E-state index in [0.29, 0.717) is 11.1 Å². The molecule has 6 heteroatoms. The summed E-state index contributed by atoms with van der Waals surface area (Å²) in [6.45, 7) is 0. The highest BCUT2D eigenvalue weighted by atomic mass is 19.4. The molecule has 0 unspecified atom stereocenters. The summed E-state index contributed by atoms with van der Waals surface area (Å²) in [4.78, 5) is 0. The van der Waals surface area contributed by atoms with Crippen LogP contribution in [0.5, 0.6) is 0 Å². The minimum atomic E-state index is -5.31. The molecule has 5 aromatic carbocycles. The molecule has 5 aromatic rings. The highest BCUT2D eigenvalue weighted by Crippen LogP contribution is 2.56. The van der Waals surface area contributed by atoms with E-state index < -0.39 is 34.6 Å². The lowest BCUT2D eigenvalue weighted by Crippen LogP contribution is -2.21. The van der Waals surface area contributed by atoms with E-state index in [0.717, 1.165) is 0 Å². The summed E-state index contributed by atoms with van der Waals surface area (Å²) in [6.07, 6.45) is -10.6. The van der Waals surface area contributed by atoms with Crippen LogP contribution in [-0.4, -0.2) is 0 Å². The third-order valence-electron chi connectivity index (χ3n) is 6.32. The van der Waals surface area contributed by atoms with Crippen LogP contribution in [0.15, 0.2) is 121 Å². The average molecular weight is 519 g/mol. The number of hydrogen-bond acceptors (Lipinski definition) is 0. The van der Waals surface area contributed by atoms with Crippen molar-refractivity contribution in [2.45, 2.75) is 12.4 Å². The molecule has 0 bridgehead atoms. The van der Waals surface area contributed by atoms with Crippen LogP contribution in [0.3, 0.4) is 0 Å². The Morgan fingerprint density at radius 1 is 0.289 bits per heavy atom. The molecular formula is C32H20F6. The standard InChI is InChI=1S/C32H20F6/c33-31(34,35)29-27(23-17-9-3-10-18-23)25(21-13-5-1-6-14-21)26(22-15-7-2-8-16-22)28(30(29)32(36,37)38)24-19-11-4-12-20-24/h1-20H. The Balaban J connectivity index is 2.16. The van der Waals surface area contributed by atoms with Crippen molar-refractivity contribution in [3.8, 4) is 44.5 Å². The van der Waals surface area contributed by atoms with Gasteiger partial charge in [-0.15, -0.1) is 0 Å². The predicted molar refractivity (Wildman–Crippen MR) is 138 cm³/mol. The molecule has 5 rings (SSSR count). The van der Waals surface area contributed by atoms with Gasteiger partial charge in [-0.1, -0.05) is 121 Å². The summed E-state index contributed by atoms with van der Waals surface area (Å²) in [7, 11) is 0. The van der Waals surface area contributed by atoms with E-state index in [1.165, 1.54) is 48.5 Å². The molecule has 0 radical (unpaired) electrons. The van der Waals surface area contributed by atoms with Crippen LogP contribution >= 0.6 is 0 Å². The van der Waals surface area contributed by atoms with Crippen LogP contribution in [0.2, 0.25) is 0 Å². The lowest BCUT2D eigenvalue weighted by Gasteiger charge is -2.29. The second-order valence-electron chi connectivity index (χ2n) is 8.71. The first-order valence-corrected chi connectivity index (χ1v) is 11.8. The molecule has 0 aliphatic heterocycles. The van der Waals surface area contributed by atoms with E-state index in [1.54, 1.807) is 72.8 Å². The molecule has 0 heterocycles. The van der Waals surface area contributed by atoms with Gasteiger partial charge in [0.1, 0.15) is 0 Å². The van der Waals surface area contributed by atoms with E-state index >= 15 is 0 Å².